The summed E-state index contributed by atoms with van der Waals surface area (Å²) in [6, 6.07) is 8.50. The fourth-order valence-electron chi connectivity index (χ4n) is 2.83. The number of fused-ring (bicyclic) bond motifs is 1. The van der Waals surface area contributed by atoms with Crippen molar-refractivity contribution >= 4 is 16.6 Å². The van der Waals surface area contributed by atoms with Gasteiger partial charge in [0.1, 0.15) is 11.6 Å². The Bertz CT molecular complexity index is 1210. The Labute approximate surface area is 158 Å². The number of benzene rings is 1. The number of carbonyl (C=O) groups excluding carboxylic acids is 1. The summed E-state index contributed by atoms with van der Waals surface area (Å²) >= 11 is 0. The average molecular weight is 362 g/mol. The molecule has 0 bridgehead atoms. The number of nitrogens with zero attached hydrogens (tertiary/aromatic N) is 4. The molecule has 6 heteroatoms. The topological polar surface area (TPSA) is 60.7 Å². The molecule has 0 spiro atoms. The van der Waals surface area contributed by atoms with E-state index < -0.39 is 18.0 Å². The average Bonchev–Trinajstić information content (AvgIpc) is 3.13. The number of aryl methyl sites for hydroxylation is 1. The molecule has 0 aliphatic heterocycles. The van der Waals surface area contributed by atoms with Gasteiger partial charge in [-0.15, -0.1) is 0 Å². The number of imidazole rings is 1. The second kappa shape index (κ2) is 7.07. The maximum Gasteiger partial charge on any atom is 0.143 e. The fourth-order valence-corrected chi connectivity index (χ4v) is 2.83. The van der Waals surface area contributed by atoms with E-state index in [0.717, 1.165) is 34.3 Å². The number of rotatable bonds is 5. The minimum absolute atomic E-state index is 0.118. The lowest BCUT2D eigenvalue weighted by Gasteiger charge is -2.06. The molecule has 3 aromatic heterocycles. The lowest BCUT2D eigenvalue weighted by molar-refractivity contribution is -0.117. The highest BCUT2D eigenvalue weighted by Crippen LogP contribution is 2.21. The maximum atomic E-state index is 13.1. The van der Waals surface area contributed by atoms with Crippen LogP contribution in [0.15, 0.2) is 61.3 Å². The summed E-state index contributed by atoms with van der Waals surface area (Å²) in [6.07, 6.45) is 4.32. The van der Waals surface area contributed by atoms with Gasteiger partial charge >= 0.3 is 0 Å². The molecule has 4 aromatic rings. The molecule has 0 radical (unpaired) electrons. The van der Waals surface area contributed by atoms with Crippen molar-refractivity contribution in [1.82, 2.24) is 19.5 Å². The minimum Gasteiger partial charge on any atom is -0.332 e. The lowest BCUT2D eigenvalue weighted by Crippen LogP contribution is -2.08. The van der Waals surface area contributed by atoms with E-state index >= 15 is 0 Å². The van der Waals surface area contributed by atoms with Crippen molar-refractivity contribution in [2.45, 2.75) is 12.8 Å². The molecule has 0 saturated heterocycles. The Hall–Kier alpha value is -3.41. The summed E-state index contributed by atoms with van der Waals surface area (Å²) < 4.78 is 31.3. The smallest absolute Gasteiger partial charge is 0.143 e. The molecule has 0 aliphatic carbocycles. The SMILES string of the molecule is [2H]C([2H])(C(=O)Cc1cc2cc(-c3cncn3C)ncc2cn1)c1ccc(F)cc1. The first-order chi connectivity index (χ1) is 13.8. The fraction of sp³-hybridized carbons (Fsp3) is 0.143. The van der Waals surface area contributed by atoms with Gasteiger partial charge in [0.15, 0.2) is 0 Å². The van der Waals surface area contributed by atoms with E-state index in [1.165, 1.54) is 12.1 Å². The Balaban J connectivity index is 1.63. The third-order valence-corrected chi connectivity index (χ3v) is 4.21. The Morgan fingerprint density at radius 2 is 1.89 bits per heavy atom. The van der Waals surface area contributed by atoms with E-state index in [4.69, 9.17) is 2.74 Å². The highest BCUT2D eigenvalue weighted by Gasteiger charge is 2.09. The number of aromatic nitrogens is 4. The van der Waals surface area contributed by atoms with E-state index in [-0.39, 0.29) is 12.0 Å². The first kappa shape index (κ1) is 14.7. The summed E-state index contributed by atoms with van der Waals surface area (Å²) in [5, 5.41) is 1.66. The number of pyridine rings is 2. The molecular weight excluding hydrogens is 343 g/mol. The lowest BCUT2D eigenvalue weighted by atomic mass is 10.0. The molecule has 0 fully saturated rings. The van der Waals surface area contributed by atoms with Crippen LogP contribution in [0.3, 0.4) is 0 Å². The van der Waals surface area contributed by atoms with Gasteiger partial charge in [0.05, 0.1) is 23.9 Å². The summed E-state index contributed by atoms with van der Waals surface area (Å²) in [5.41, 5.74) is 2.17. The predicted octanol–water partition coefficient (Wildman–Crippen LogP) is 3.52. The van der Waals surface area contributed by atoms with Crippen LogP contribution >= 0.6 is 0 Å². The number of hydrogen-bond donors (Lipinski definition) is 0. The van der Waals surface area contributed by atoms with Crippen molar-refractivity contribution in [2.75, 3.05) is 0 Å². The van der Waals surface area contributed by atoms with Crippen LogP contribution in [0.25, 0.3) is 22.2 Å². The molecule has 3 heterocycles. The number of halogens is 1. The van der Waals surface area contributed by atoms with Crippen LogP contribution in [0.2, 0.25) is 0 Å². The Kier molecular flexibility index (Phi) is 3.86. The van der Waals surface area contributed by atoms with Crippen LogP contribution < -0.4 is 0 Å². The molecule has 0 saturated carbocycles. The van der Waals surface area contributed by atoms with Crippen molar-refractivity contribution in [3.8, 4) is 11.4 Å². The quantitative estimate of drug-likeness (QED) is 0.545. The van der Waals surface area contributed by atoms with Gasteiger partial charge < -0.3 is 4.57 Å². The monoisotopic (exact) mass is 362 g/mol. The van der Waals surface area contributed by atoms with E-state index in [1.807, 2.05) is 17.7 Å². The molecular formula is C21H17FN4O. The zero-order chi connectivity index (χ0) is 20.6. The third-order valence-electron chi connectivity index (χ3n) is 4.21. The third kappa shape index (κ3) is 3.74. The first-order valence-corrected chi connectivity index (χ1v) is 8.35. The van der Waals surface area contributed by atoms with Crippen LogP contribution in [0, 0.1) is 5.82 Å². The molecule has 5 nitrogen and oxygen atoms in total. The molecule has 0 N–H and O–H groups in total. The van der Waals surface area contributed by atoms with Crippen LogP contribution in [0.1, 0.15) is 14.0 Å². The van der Waals surface area contributed by atoms with Gasteiger partial charge in [-0.1, -0.05) is 12.1 Å². The van der Waals surface area contributed by atoms with E-state index in [1.54, 1.807) is 31.0 Å². The van der Waals surface area contributed by atoms with Gasteiger partial charge in [0, 0.05) is 46.1 Å². The highest BCUT2D eigenvalue weighted by atomic mass is 19.1. The normalized spacial score (nSPS) is 12.7. The van der Waals surface area contributed by atoms with Crippen LogP contribution in [-0.2, 0) is 24.6 Å². The van der Waals surface area contributed by atoms with Gasteiger partial charge in [-0.2, -0.15) is 0 Å². The molecule has 0 unspecified atom stereocenters. The molecule has 0 atom stereocenters. The van der Waals surface area contributed by atoms with Crippen molar-refractivity contribution in [3.63, 3.8) is 0 Å². The Morgan fingerprint density at radius 1 is 1.11 bits per heavy atom. The van der Waals surface area contributed by atoms with Crippen molar-refractivity contribution < 1.29 is 11.9 Å². The van der Waals surface area contributed by atoms with Gasteiger partial charge in [-0.3, -0.25) is 14.8 Å². The number of carbonyl (C=O) groups is 1. The van der Waals surface area contributed by atoms with E-state index in [2.05, 4.69) is 15.0 Å². The first-order valence-electron chi connectivity index (χ1n) is 9.35. The summed E-state index contributed by atoms with van der Waals surface area (Å²) in [6.45, 7) is 0. The van der Waals surface area contributed by atoms with Crippen molar-refractivity contribution in [1.29, 1.82) is 0 Å². The molecule has 1 aromatic carbocycles. The zero-order valence-electron chi connectivity index (χ0n) is 16.6. The van der Waals surface area contributed by atoms with Gasteiger partial charge in [0.2, 0.25) is 0 Å². The number of Topliss-reactive ketones (excluding diaryl/α,β-unsaturated/α-hetero) is 1. The molecule has 4 rings (SSSR count). The van der Waals surface area contributed by atoms with Gasteiger partial charge in [0.25, 0.3) is 0 Å². The second-order valence-corrected chi connectivity index (χ2v) is 6.21. The second-order valence-electron chi connectivity index (χ2n) is 6.21. The van der Waals surface area contributed by atoms with E-state index in [0.29, 0.717) is 5.69 Å². The standard InChI is InChI=1S/C21H17FN4O/c1-26-13-23-12-21(26)20-8-15-7-18(24-10-16(15)11-25-20)9-19(27)6-14-2-4-17(22)5-3-14/h2-5,7-8,10-13H,6,9H2,1H3/i6D2. The number of hydrogen-bond acceptors (Lipinski definition) is 4. The zero-order valence-corrected chi connectivity index (χ0v) is 14.6. The number of ketones is 1. The molecule has 134 valence electrons. The highest BCUT2D eigenvalue weighted by molar-refractivity contribution is 5.87. The van der Waals surface area contributed by atoms with Gasteiger partial charge in [-0.25, -0.2) is 9.37 Å². The Morgan fingerprint density at radius 3 is 2.63 bits per heavy atom. The van der Waals surface area contributed by atoms with Crippen molar-refractivity contribution in [3.05, 3.63) is 78.4 Å². The minimum atomic E-state index is -2.23. The van der Waals surface area contributed by atoms with E-state index in [9.17, 15) is 9.18 Å². The molecule has 27 heavy (non-hydrogen) atoms. The van der Waals surface area contributed by atoms with Crippen LogP contribution in [0.5, 0.6) is 0 Å². The van der Waals surface area contributed by atoms with Crippen LogP contribution in [0.4, 0.5) is 4.39 Å². The largest absolute Gasteiger partial charge is 0.332 e. The van der Waals surface area contributed by atoms with Crippen LogP contribution in [-0.4, -0.2) is 25.3 Å². The summed E-state index contributed by atoms with van der Waals surface area (Å²) in [7, 11) is 1.88. The maximum absolute atomic E-state index is 13.1. The van der Waals surface area contributed by atoms with Gasteiger partial charge in [-0.05, 0) is 35.2 Å². The predicted molar refractivity (Wildman–Crippen MR) is 101 cm³/mol. The molecule has 0 amide bonds. The van der Waals surface area contributed by atoms with Crippen molar-refractivity contribution in [2.24, 2.45) is 7.05 Å². The molecule has 0 aliphatic rings. The summed E-state index contributed by atoms with van der Waals surface area (Å²) in [4.78, 5) is 25.4. The summed E-state index contributed by atoms with van der Waals surface area (Å²) in [5.74, 6) is -1.12.